The summed E-state index contributed by atoms with van der Waals surface area (Å²) in [6.07, 6.45) is 0. The average molecular weight is 415 g/mol. The average Bonchev–Trinajstić information content (AvgIpc) is 3.43. The molecule has 6 heteroatoms. The third kappa shape index (κ3) is 3.95. The monoisotopic (exact) mass is 414 g/mol. The van der Waals surface area contributed by atoms with Crippen LogP contribution in [0.4, 0.5) is 0 Å². The molecule has 0 N–H and O–H groups in total. The number of rotatable bonds is 6. The smallest absolute Gasteiger partial charge is 0.192 e. The molecule has 5 rings (SSSR count). The van der Waals surface area contributed by atoms with Crippen molar-refractivity contribution in [2.75, 3.05) is 0 Å². The molecule has 3 aromatic heterocycles. The van der Waals surface area contributed by atoms with Crippen molar-refractivity contribution in [1.29, 1.82) is 0 Å². The van der Waals surface area contributed by atoms with Crippen molar-refractivity contribution in [3.8, 4) is 10.7 Å². The number of thioether (sulfide) groups is 1. The van der Waals surface area contributed by atoms with E-state index in [2.05, 4.69) is 74.7 Å². The Bertz CT molecular complexity index is 1230. The van der Waals surface area contributed by atoms with Gasteiger partial charge in [0.05, 0.1) is 22.6 Å². The van der Waals surface area contributed by atoms with Crippen molar-refractivity contribution in [2.24, 2.45) is 0 Å². The second-order valence-corrected chi connectivity index (χ2v) is 8.53. The molecule has 4 nitrogen and oxygen atoms in total. The summed E-state index contributed by atoms with van der Waals surface area (Å²) in [5.41, 5.74) is 3.30. The predicted molar refractivity (Wildman–Crippen MR) is 120 cm³/mol. The van der Waals surface area contributed by atoms with Crippen LogP contribution >= 0.6 is 23.1 Å². The van der Waals surface area contributed by atoms with Crippen LogP contribution in [0.3, 0.4) is 0 Å². The van der Waals surface area contributed by atoms with Gasteiger partial charge in [0, 0.05) is 11.1 Å². The molecule has 0 aliphatic rings. The summed E-state index contributed by atoms with van der Waals surface area (Å²) in [4.78, 5) is 5.91. The molecule has 0 aliphatic heterocycles. The van der Waals surface area contributed by atoms with E-state index in [4.69, 9.17) is 4.98 Å². The maximum absolute atomic E-state index is 4.78. The van der Waals surface area contributed by atoms with Crippen LogP contribution in [0.5, 0.6) is 0 Å². The van der Waals surface area contributed by atoms with E-state index in [9.17, 15) is 0 Å². The van der Waals surface area contributed by atoms with Gasteiger partial charge in [-0.15, -0.1) is 21.5 Å². The molecule has 0 amide bonds. The zero-order chi connectivity index (χ0) is 19.5. The molecule has 142 valence electrons. The predicted octanol–water partition coefficient (Wildman–Crippen LogP) is 5.90. The van der Waals surface area contributed by atoms with Crippen LogP contribution in [-0.2, 0) is 12.3 Å². The van der Waals surface area contributed by atoms with Gasteiger partial charge in [-0.1, -0.05) is 72.4 Å². The quantitative estimate of drug-likeness (QED) is 0.325. The molecule has 0 unspecified atom stereocenters. The zero-order valence-electron chi connectivity index (χ0n) is 15.6. The van der Waals surface area contributed by atoms with Crippen LogP contribution in [0, 0.1) is 0 Å². The molecule has 0 saturated heterocycles. The number of hydrogen-bond donors (Lipinski definition) is 0. The fraction of sp³-hybridized carbons (Fsp3) is 0.0870. The van der Waals surface area contributed by atoms with Gasteiger partial charge in [0.2, 0.25) is 0 Å². The Morgan fingerprint density at radius 1 is 0.828 bits per heavy atom. The summed E-state index contributed by atoms with van der Waals surface area (Å²) in [6.45, 7) is 0.745. The lowest BCUT2D eigenvalue weighted by atomic mass is 10.2. The van der Waals surface area contributed by atoms with Crippen molar-refractivity contribution in [3.05, 3.63) is 95.5 Å². The van der Waals surface area contributed by atoms with Gasteiger partial charge in [-0.2, -0.15) is 0 Å². The van der Waals surface area contributed by atoms with Crippen LogP contribution in [0.2, 0.25) is 0 Å². The highest BCUT2D eigenvalue weighted by Crippen LogP contribution is 2.29. The molecule has 0 atom stereocenters. The molecule has 0 radical (unpaired) electrons. The molecule has 0 spiro atoms. The lowest BCUT2D eigenvalue weighted by Crippen LogP contribution is -2.03. The van der Waals surface area contributed by atoms with Gasteiger partial charge in [-0.25, -0.2) is 0 Å². The second-order valence-electron chi connectivity index (χ2n) is 6.64. The van der Waals surface area contributed by atoms with Gasteiger partial charge in [0.25, 0.3) is 0 Å². The number of thiophene rings is 1. The Balaban J connectivity index is 1.44. The third-order valence-corrected chi connectivity index (χ3v) is 6.51. The summed E-state index contributed by atoms with van der Waals surface area (Å²) < 4.78 is 2.20. The summed E-state index contributed by atoms with van der Waals surface area (Å²) in [6, 6.07) is 27.0. The minimum absolute atomic E-state index is 0.745. The van der Waals surface area contributed by atoms with Gasteiger partial charge in [-0.3, -0.25) is 9.55 Å². The van der Waals surface area contributed by atoms with Crippen LogP contribution in [-0.4, -0.2) is 19.7 Å². The number of benzene rings is 2. The van der Waals surface area contributed by atoms with E-state index in [1.807, 2.05) is 24.3 Å². The van der Waals surface area contributed by atoms with E-state index in [0.717, 1.165) is 44.8 Å². The van der Waals surface area contributed by atoms with Gasteiger partial charge >= 0.3 is 0 Å². The maximum Gasteiger partial charge on any atom is 0.192 e. The molecular weight excluding hydrogens is 396 g/mol. The van der Waals surface area contributed by atoms with Gasteiger partial charge < -0.3 is 0 Å². The Kier molecular flexibility index (Phi) is 5.11. The van der Waals surface area contributed by atoms with Crippen LogP contribution in [0.25, 0.3) is 21.6 Å². The third-order valence-electron chi connectivity index (χ3n) is 4.65. The topological polar surface area (TPSA) is 43.6 Å². The van der Waals surface area contributed by atoms with Gasteiger partial charge in [-0.05, 0) is 29.1 Å². The van der Waals surface area contributed by atoms with Gasteiger partial charge in [0.15, 0.2) is 11.0 Å². The first-order valence-corrected chi connectivity index (χ1v) is 11.2. The molecule has 0 fully saturated rings. The maximum atomic E-state index is 4.78. The number of pyridine rings is 1. The highest BCUT2D eigenvalue weighted by Gasteiger charge is 2.16. The Morgan fingerprint density at radius 2 is 1.69 bits per heavy atom. The number of nitrogens with zero attached hydrogens (tertiary/aromatic N) is 4. The lowest BCUT2D eigenvalue weighted by Gasteiger charge is -2.10. The standard InChI is InChI=1S/C23H18N4S2/c1-2-7-17(8-3-1)15-27-22(21-11-6-14-28-21)25-26-23(27)29-16-19-13-12-18-9-4-5-10-20(18)24-19/h1-14H,15-16H2. The number of hydrogen-bond acceptors (Lipinski definition) is 5. The van der Waals surface area contributed by atoms with Crippen LogP contribution in [0.1, 0.15) is 11.3 Å². The molecule has 0 bridgehead atoms. The molecule has 29 heavy (non-hydrogen) atoms. The Hall–Kier alpha value is -2.96. The molecule has 3 heterocycles. The summed E-state index contributed by atoms with van der Waals surface area (Å²) in [5.74, 6) is 1.67. The highest BCUT2D eigenvalue weighted by atomic mass is 32.2. The normalized spacial score (nSPS) is 11.2. The molecule has 2 aromatic carbocycles. The molecule has 0 saturated carbocycles. The van der Waals surface area contributed by atoms with Crippen molar-refractivity contribution in [1.82, 2.24) is 19.7 Å². The number of fused-ring (bicyclic) bond motifs is 1. The highest BCUT2D eigenvalue weighted by molar-refractivity contribution is 7.98. The minimum atomic E-state index is 0.745. The van der Waals surface area contributed by atoms with Crippen molar-refractivity contribution >= 4 is 34.0 Å². The van der Waals surface area contributed by atoms with E-state index >= 15 is 0 Å². The SMILES string of the molecule is c1ccc(Cn2c(SCc3ccc4ccccc4n3)nnc2-c2cccs2)cc1. The Labute approximate surface area is 177 Å². The first kappa shape index (κ1) is 18.1. The number of para-hydroxylation sites is 1. The fourth-order valence-electron chi connectivity index (χ4n) is 3.22. The minimum Gasteiger partial charge on any atom is -0.297 e. The van der Waals surface area contributed by atoms with E-state index < -0.39 is 0 Å². The second kappa shape index (κ2) is 8.19. The number of aromatic nitrogens is 4. The van der Waals surface area contributed by atoms with Crippen molar-refractivity contribution in [3.63, 3.8) is 0 Å². The molecule has 0 aliphatic carbocycles. The van der Waals surface area contributed by atoms with E-state index in [-0.39, 0.29) is 0 Å². The Morgan fingerprint density at radius 3 is 2.55 bits per heavy atom. The van der Waals surface area contributed by atoms with Crippen molar-refractivity contribution < 1.29 is 0 Å². The van der Waals surface area contributed by atoms with Crippen LogP contribution < -0.4 is 0 Å². The first-order valence-electron chi connectivity index (χ1n) is 9.35. The summed E-state index contributed by atoms with van der Waals surface area (Å²) in [5, 5.41) is 13.1. The summed E-state index contributed by atoms with van der Waals surface area (Å²) in [7, 11) is 0. The largest absolute Gasteiger partial charge is 0.297 e. The molecular formula is C23H18N4S2. The molecule has 5 aromatic rings. The fourth-order valence-corrected chi connectivity index (χ4v) is 4.78. The van der Waals surface area contributed by atoms with Gasteiger partial charge in [0.1, 0.15) is 0 Å². The van der Waals surface area contributed by atoms with Crippen molar-refractivity contribution in [2.45, 2.75) is 17.5 Å². The van der Waals surface area contributed by atoms with E-state index in [0.29, 0.717) is 0 Å². The van der Waals surface area contributed by atoms with Crippen LogP contribution in [0.15, 0.2) is 89.4 Å². The lowest BCUT2D eigenvalue weighted by molar-refractivity contribution is 0.715. The van der Waals surface area contributed by atoms with E-state index in [1.54, 1.807) is 23.1 Å². The first-order chi connectivity index (χ1) is 14.4. The summed E-state index contributed by atoms with van der Waals surface area (Å²) >= 11 is 3.36. The zero-order valence-corrected chi connectivity index (χ0v) is 17.2. The van der Waals surface area contributed by atoms with E-state index in [1.165, 1.54) is 5.56 Å².